The highest BCUT2D eigenvalue weighted by molar-refractivity contribution is 5.95. The van der Waals surface area contributed by atoms with Gasteiger partial charge < -0.3 is 14.8 Å². The lowest BCUT2D eigenvalue weighted by Gasteiger charge is -2.08. The summed E-state index contributed by atoms with van der Waals surface area (Å²) in [5.41, 5.74) is 0.474. The number of hydrogen-bond donors (Lipinski definition) is 1. The topological polar surface area (TPSA) is 108 Å². The lowest BCUT2D eigenvalue weighted by molar-refractivity contribution is -0.384. The molecule has 8 nitrogen and oxygen atoms in total. The van der Waals surface area contributed by atoms with Gasteiger partial charge in [-0.1, -0.05) is 12.1 Å². The third kappa shape index (κ3) is 4.43. The number of benzene rings is 2. The van der Waals surface area contributed by atoms with Crippen LogP contribution in [-0.2, 0) is 14.3 Å². The molecule has 0 spiro atoms. The maximum Gasteiger partial charge on any atom is 0.310 e. The Morgan fingerprint density at radius 2 is 1.96 bits per heavy atom. The number of nitrogens with zero attached hydrogens (tertiary/aromatic N) is 1. The molecule has 1 aliphatic rings. The molecular weight excluding hydrogens is 371 g/mol. The largest absolute Gasteiger partial charge is 0.496 e. The van der Waals surface area contributed by atoms with Gasteiger partial charge in [-0.05, 0) is 42.2 Å². The normalized spacial score (nSPS) is 17.5. The van der Waals surface area contributed by atoms with Crippen LogP contribution in [0.3, 0.4) is 0 Å². The molecule has 1 amide bonds. The van der Waals surface area contributed by atoms with Crippen molar-refractivity contribution in [2.75, 3.05) is 19.0 Å². The van der Waals surface area contributed by atoms with Gasteiger partial charge in [0.15, 0.2) is 6.61 Å². The Labute approximate surface area is 159 Å². The summed E-state index contributed by atoms with van der Waals surface area (Å²) in [4.78, 5) is 34.5. The van der Waals surface area contributed by atoms with Crippen molar-refractivity contribution in [1.82, 2.24) is 0 Å². The Bertz CT molecular complexity index is 915. The van der Waals surface area contributed by atoms with Crippen LogP contribution < -0.4 is 10.1 Å². The summed E-state index contributed by atoms with van der Waals surface area (Å²) in [7, 11) is 1.37. The molecule has 2 unspecified atom stereocenters. The van der Waals surface area contributed by atoms with Crippen molar-refractivity contribution in [2.45, 2.75) is 12.3 Å². The van der Waals surface area contributed by atoms with Gasteiger partial charge in [-0.3, -0.25) is 19.7 Å². The molecule has 146 valence electrons. The standard InChI is InChI=1S/C19H17FN2O6/c1-27-13-6-7-16(17(8-13)22(25)26)21-18(23)10-28-19(24)15-9-14(15)11-2-4-12(20)5-3-11/h2-8,14-15H,9-10H2,1H3,(H,21,23). The highest BCUT2D eigenvalue weighted by atomic mass is 19.1. The molecule has 0 radical (unpaired) electrons. The highest BCUT2D eigenvalue weighted by Gasteiger charge is 2.45. The fourth-order valence-corrected chi connectivity index (χ4v) is 2.86. The Morgan fingerprint density at radius 3 is 2.61 bits per heavy atom. The van der Waals surface area contributed by atoms with Crippen molar-refractivity contribution in [3.05, 3.63) is 64.0 Å². The number of carbonyl (C=O) groups is 2. The zero-order valence-corrected chi connectivity index (χ0v) is 14.9. The second kappa shape index (κ2) is 8.03. The van der Waals surface area contributed by atoms with Gasteiger partial charge in [0, 0.05) is 0 Å². The number of halogens is 1. The summed E-state index contributed by atoms with van der Waals surface area (Å²) in [6.07, 6.45) is 0.566. The van der Waals surface area contributed by atoms with Crippen molar-refractivity contribution in [2.24, 2.45) is 5.92 Å². The third-order valence-corrected chi connectivity index (χ3v) is 4.41. The number of rotatable bonds is 7. The van der Waals surface area contributed by atoms with Crippen molar-refractivity contribution in [3.63, 3.8) is 0 Å². The van der Waals surface area contributed by atoms with E-state index in [1.165, 1.54) is 37.4 Å². The third-order valence-electron chi connectivity index (χ3n) is 4.41. The molecule has 1 saturated carbocycles. The number of nitrogens with one attached hydrogen (secondary N) is 1. The number of ether oxygens (including phenoxy) is 2. The van der Waals surface area contributed by atoms with Gasteiger partial charge in [0.2, 0.25) is 0 Å². The van der Waals surface area contributed by atoms with Crippen LogP contribution in [-0.4, -0.2) is 30.5 Å². The monoisotopic (exact) mass is 388 g/mol. The van der Waals surface area contributed by atoms with Crippen LogP contribution in [0.15, 0.2) is 42.5 Å². The molecule has 1 aliphatic carbocycles. The Morgan fingerprint density at radius 1 is 1.25 bits per heavy atom. The van der Waals surface area contributed by atoms with E-state index < -0.39 is 23.4 Å². The van der Waals surface area contributed by atoms with Crippen molar-refractivity contribution >= 4 is 23.3 Å². The van der Waals surface area contributed by atoms with Crippen LogP contribution in [0.2, 0.25) is 0 Å². The Hall–Kier alpha value is -3.49. The Kier molecular flexibility index (Phi) is 5.53. The van der Waals surface area contributed by atoms with Gasteiger partial charge in [0.05, 0.1) is 24.0 Å². The predicted molar refractivity (Wildman–Crippen MR) is 96.5 cm³/mol. The van der Waals surface area contributed by atoms with E-state index in [9.17, 15) is 24.1 Å². The zero-order chi connectivity index (χ0) is 20.3. The molecule has 0 aliphatic heterocycles. The summed E-state index contributed by atoms with van der Waals surface area (Å²) in [6, 6.07) is 9.86. The number of nitro groups is 1. The highest BCUT2D eigenvalue weighted by Crippen LogP contribution is 2.48. The minimum absolute atomic E-state index is 0.0255. The van der Waals surface area contributed by atoms with Crippen LogP contribution >= 0.6 is 0 Å². The van der Waals surface area contributed by atoms with Crippen LogP contribution in [0.5, 0.6) is 5.75 Å². The summed E-state index contributed by atoms with van der Waals surface area (Å²) in [6.45, 7) is -0.561. The van der Waals surface area contributed by atoms with Gasteiger partial charge in [-0.25, -0.2) is 4.39 Å². The number of methoxy groups -OCH3 is 1. The molecule has 1 N–H and O–H groups in total. The molecule has 9 heteroatoms. The first-order chi connectivity index (χ1) is 13.4. The molecule has 0 heterocycles. The molecule has 3 rings (SSSR count). The van der Waals surface area contributed by atoms with E-state index in [2.05, 4.69) is 5.32 Å². The first-order valence-corrected chi connectivity index (χ1v) is 8.43. The summed E-state index contributed by atoms with van der Waals surface area (Å²) in [5.74, 6) is -1.74. The van der Waals surface area contributed by atoms with Crippen molar-refractivity contribution in [3.8, 4) is 5.75 Å². The van der Waals surface area contributed by atoms with Gasteiger partial charge in [-0.2, -0.15) is 0 Å². The summed E-state index contributed by atoms with van der Waals surface area (Å²) >= 11 is 0. The van der Waals surface area contributed by atoms with Crippen LogP contribution in [0, 0.1) is 21.8 Å². The zero-order valence-electron chi connectivity index (χ0n) is 14.9. The van der Waals surface area contributed by atoms with E-state index in [-0.39, 0.29) is 34.8 Å². The number of esters is 1. The van der Waals surface area contributed by atoms with Crippen LogP contribution in [0.1, 0.15) is 17.9 Å². The minimum Gasteiger partial charge on any atom is -0.496 e. The second-order valence-corrected chi connectivity index (χ2v) is 6.30. The van der Waals surface area contributed by atoms with E-state index in [1.54, 1.807) is 12.1 Å². The molecule has 0 aromatic heterocycles. The van der Waals surface area contributed by atoms with Gasteiger partial charge in [-0.15, -0.1) is 0 Å². The average molecular weight is 388 g/mol. The van der Waals surface area contributed by atoms with E-state index in [4.69, 9.17) is 9.47 Å². The molecule has 0 bridgehead atoms. The van der Waals surface area contributed by atoms with Gasteiger partial charge in [0.1, 0.15) is 17.3 Å². The minimum atomic E-state index is -0.694. The van der Waals surface area contributed by atoms with Crippen molar-refractivity contribution < 1.29 is 28.4 Å². The number of amides is 1. The molecule has 2 atom stereocenters. The quantitative estimate of drug-likeness (QED) is 0.444. The van der Waals surface area contributed by atoms with Crippen LogP contribution in [0.4, 0.5) is 15.8 Å². The van der Waals surface area contributed by atoms with Gasteiger partial charge >= 0.3 is 5.97 Å². The number of hydrogen-bond acceptors (Lipinski definition) is 6. The lowest BCUT2D eigenvalue weighted by Crippen LogP contribution is -2.22. The summed E-state index contributed by atoms with van der Waals surface area (Å²) in [5, 5.41) is 13.5. The molecule has 2 aromatic carbocycles. The first kappa shape index (κ1) is 19.3. The first-order valence-electron chi connectivity index (χ1n) is 8.43. The maximum atomic E-state index is 13.0. The maximum absolute atomic E-state index is 13.0. The van der Waals surface area contributed by atoms with E-state index in [1.807, 2.05) is 0 Å². The van der Waals surface area contributed by atoms with E-state index in [0.717, 1.165) is 5.56 Å². The summed E-state index contributed by atoms with van der Waals surface area (Å²) < 4.78 is 22.9. The average Bonchev–Trinajstić information content (AvgIpc) is 3.47. The molecule has 0 saturated heterocycles. The van der Waals surface area contributed by atoms with Gasteiger partial charge in [0.25, 0.3) is 11.6 Å². The molecule has 1 fully saturated rings. The fourth-order valence-electron chi connectivity index (χ4n) is 2.86. The predicted octanol–water partition coefficient (Wildman–Crippen LogP) is 3.03. The Balaban J connectivity index is 1.53. The number of carbonyl (C=O) groups excluding carboxylic acids is 2. The lowest BCUT2D eigenvalue weighted by atomic mass is 10.1. The SMILES string of the molecule is COc1ccc(NC(=O)COC(=O)C2CC2c2ccc(F)cc2)c([N+](=O)[O-])c1. The second-order valence-electron chi connectivity index (χ2n) is 6.30. The van der Waals surface area contributed by atoms with E-state index >= 15 is 0 Å². The molecule has 28 heavy (non-hydrogen) atoms. The van der Waals surface area contributed by atoms with Crippen LogP contribution in [0.25, 0.3) is 0 Å². The number of nitro benzene ring substituents is 1. The fraction of sp³-hybridized carbons (Fsp3) is 0.263. The molecular formula is C19H17FN2O6. The number of anilines is 1. The van der Waals surface area contributed by atoms with Crippen molar-refractivity contribution in [1.29, 1.82) is 0 Å². The smallest absolute Gasteiger partial charge is 0.310 e. The molecule has 2 aromatic rings. The van der Waals surface area contributed by atoms with E-state index in [0.29, 0.717) is 6.42 Å².